The van der Waals surface area contributed by atoms with Crippen molar-refractivity contribution in [3.05, 3.63) is 60.3 Å². The van der Waals surface area contributed by atoms with E-state index in [4.69, 9.17) is 4.74 Å². The van der Waals surface area contributed by atoms with Crippen molar-refractivity contribution in [2.75, 3.05) is 13.1 Å². The van der Waals surface area contributed by atoms with Gasteiger partial charge in [-0.05, 0) is 49.2 Å². The minimum atomic E-state index is -4.51. The standard InChI is InChI=1S/C20H18F3N3O3S/c21-20(22,23)14-5-7-16(8-6-14)30(27,28)26-11-9-15(10-12-26)29-19-13-24-17-3-1-2-4-18(17)25-19/h1-8,13,15H,9-12H2. The van der Waals surface area contributed by atoms with Crippen LogP contribution in [0.1, 0.15) is 18.4 Å². The average molecular weight is 437 g/mol. The van der Waals surface area contributed by atoms with Crippen LogP contribution in [0.2, 0.25) is 0 Å². The van der Waals surface area contributed by atoms with E-state index in [0.717, 1.165) is 29.8 Å². The van der Waals surface area contributed by atoms with E-state index >= 15 is 0 Å². The Morgan fingerprint density at radius 1 is 0.967 bits per heavy atom. The fourth-order valence-electron chi connectivity index (χ4n) is 3.32. The third-order valence-electron chi connectivity index (χ3n) is 4.93. The van der Waals surface area contributed by atoms with Crippen LogP contribution in [0.4, 0.5) is 13.2 Å². The summed E-state index contributed by atoms with van der Waals surface area (Å²) >= 11 is 0. The predicted molar refractivity (Wildman–Crippen MR) is 103 cm³/mol. The first kappa shape index (κ1) is 20.5. The summed E-state index contributed by atoms with van der Waals surface area (Å²) in [6.45, 7) is 0.407. The molecule has 3 aromatic rings. The quantitative estimate of drug-likeness (QED) is 0.620. The Morgan fingerprint density at radius 2 is 1.60 bits per heavy atom. The van der Waals surface area contributed by atoms with Crippen molar-refractivity contribution < 1.29 is 26.3 Å². The van der Waals surface area contributed by atoms with E-state index in [2.05, 4.69) is 9.97 Å². The molecule has 1 aromatic heterocycles. The summed E-state index contributed by atoms with van der Waals surface area (Å²) in [5.74, 6) is 0.373. The molecule has 1 fully saturated rings. The number of hydrogen-bond acceptors (Lipinski definition) is 5. The lowest BCUT2D eigenvalue weighted by atomic mass is 10.1. The number of sulfonamides is 1. The largest absolute Gasteiger partial charge is 0.473 e. The van der Waals surface area contributed by atoms with Crippen LogP contribution in [0.15, 0.2) is 59.6 Å². The van der Waals surface area contributed by atoms with E-state index in [1.165, 1.54) is 10.5 Å². The third kappa shape index (κ3) is 4.24. The first-order valence-electron chi connectivity index (χ1n) is 9.29. The van der Waals surface area contributed by atoms with Gasteiger partial charge >= 0.3 is 6.18 Å². The third-order valence-corrected chi connectivity index (χ3v) is 6.85. The second-order valence-electron chi connectivity index (χ2n) is 6.94. The van der Waals surface area contributed by atoms with Crippen molar-refractivity contribution in [2.24, 2.45) is 0 Å². The Morgan fingerprint density at radius 3 is 2.23 bits per heavy atom. The molecule has 0 radical (unpaired) electrons. The average Bonchev–Trinajstić information content (AvgIpc) is 2.73. The van der Waals surface area contributed by atoms with Crippen LogP contribution in [-0.4, -0.2) is 41.9 Å². The molecular weight excluding hydrogens is 419 g/mol. The van der Waals surface area contributed by atoms with E-state index < -0.39 is 21.8 Å². The Labute approximate surface area is 171 Å². The van der Waals surface area contributed by atoms with Gasteiger partial charge in [0, 0.05) is 13.1 Å². The topological polar surface area (TPSA) is 72.4 Å². The van der Waals surface area contributed by atoms with Crippen LogP contribution in [0.25, 0.3) is 11.0 Å². The van der Waals surface area contributed by atoms with E-state index in [1.54, 1.807) is 0 Å². The number of fused-ring (bicyclic) bond motifs is 1. The summed E-state index contributed by atoms with van der Waals surface area (Å²) in [7, 11) is -3.87. The highest BCUT2D eigenvalue weighted by Gasteiger charge is 2.33. The van der Waals surface area contributed by atoms with Gasteiger partial charge in [-0.25, -0.2) is 18.4 Å². The van der Waals surface area contributed by atoms with Crippen molar-refractivity contribution >= 4 is 21.1 Å². The molecule has 0 aliphatic carbocycles. The van der Waals surface area contributed by atoms with Crippen LogP contribution in [-0.2, 0) is 16.2 Å². The summed E-state index contributed by atoms with van der Waals surface area (Å²) in [4.78, 5) is 8.54. The predicted octanol–water partition coefficient (Wildman–Crippen LogP) is 3.88. The highest BCUT2D eigenvalue weighted by atomic mass is 32.2. The fraction of sp³-hybridized carbons (Fsp3) is 0.300. The summed E-state index contributed by atoms with van der Waals surface area (Å²) in [6.07, 6.45) is -2.32. The van der Waals surface area contributed by atoms with Gasteiger partial charge in [-0.2, -0.15) is 17.5 Å². The Bertz CT molecular complexity index is 1140. The first-order valence-corrected chi connectivity index (χ1v) is 10.7. The monoisotopic (exact) mass is 437 g/mol. The fourth-order valence-corrected chi connectivity index (χ4v) is 4.79. The summed E-state index contributed by atoms with van der Waals surface area (Å²) in [6, 6.07) is 10.9. The molecule has 0 atom stereocenters. The molecule has 30 heavy (non-hydrogen) atoms. The van der Waals surface area contributed by atoms with Crippen molar-refractivity contribution in [3.8, 4) is 5.88 Å². The molecule has 158 valence electrons. The van der Waals surface area contributed by atoms with Crippen LogP contribution in [0, 0.1) is 0 Å². The van der Waals surface area contributed by atoms with Gasteiger partial charge in [-0.1, -0.05) is 12.1 Å². The maximum Gasteiger partial charge on any atom is 0.416 e. The maximum absolute atomic E-state index is 12.7. The van der Waals surface area contributed by atoms with E-state index in [0.29, 0.717) is 24.2 Å². The number of para-hydroxylation sites is 2. The summed E-state index contributed by atoms with van der Waals surface area (Å²) in [5.41, 5.74) is 0.574. The molecule has 0 bridgehead atoms. The zero-order valence-corrected chi connectivity index (χ0v) is 16.5. The highest BCUT2D eigenvalue weighted by molar-refractivity contribution is 7.89. The van der Waals surface area contributed by atoms with Gasteiger partial charge in [0.25, 0.3) is 0 Å². The molecule has 1 saturated heterocycles. The van der Waals surface area contributed by atoms with Crippen LogP contribution in [0.5, 0.6) is 5.88 Å². The van der Waals surface area contributed by atoms with Crippen molar-refractivity contribution in [2.45, 2.75) is 30.0 Å². The molecule has 0 unspecified atom stereocenters. The smallest absolute Gasteiger partial charge is 0.416 e. The van der Waals surface area contributed by atoms with Crippen LogP contribution in [0.3, 0.4) is 0 Å². The normalized spacial score (nSPS) is 16.6. The molecule has 1 aliphatic rings. The Hall–Kier alpha value is -2.72. The number of piperidine rings is 1. The van der Waals surface area contributed by atoms with Gasteiger partial charge in [0.2, 0.25) is 15.9 Å². The number of aromatic nitrogens is 2. The summed E-state index contributed by atoms with van der Waals surface area (Å²) in [5, 5.41) is 0. The number of benzene rings is 2. The lowest BCUT2D eigenvalue weighted by Gasteiger charge is -2.31. The van der Waals surface area contributed by atoms with E-state index in [-0.39, 0.29) is 24.1 Å². The maximum atomic E-state index is 12.7. The summed E-state index contributed by atoms with van der Waals surface area (Å²) < 4.78 is 70.7. The number of nitrogens with zero attached hydrogens (tertiary/aromatic N) is 3. The molecule has 0 amide bonds. The van der Waals surface area contributed by atoms with Crippen molar-refractivity contribution in [1.29, 1.82) is 0 Å². The number of ether oxygens (including phenoxy) is 1. The lowest BCUT2D eigenvalue weighted by molar-refractivity contribution is -0.137. The second kappa shape index (κ2) is 7.84. The second-order valence-corrected chi connectivity index (χ2v) is 8.88. The van der Waals surface area contributed by atoms with Gasteiger partial charge in [0.1, 0.15) is 6.10 Å². The van der Waals surface area contributed by atoms with Gasteiger partial charge < -0.3 is 4.74 Å². The SMILES string of the molecule is O=S(=O)(c1ccc(C(F)(F)F)cc1)N1CCC(Oc2cnc3ccccc3n2)CC1. The molecule has 0 spiro atoms. The minimum absolute atomic E-state index is 0.157. The first-order chi connectivity index (χ1) is 14.2. The molecule has 6 nitrogen and oxygen atoms in total. The highest BCUT2D eigenvalue weighted by Crippen LogP contribution is 2.31. The van der Waals surface area contributed by atoms with Crippen LogP contribution < -0.4 is 4.74 Å². The lowest BCUT2D eigenvalue weighted by Crippen LogP contribution is -2.41. The molecule has 10 heteroatoms. The number of hydrogen-bond donors (Lipinski definition) is 0. The zero-order chi connectivity index (χ0) is 21.4. The molecule has 4 rings (SSSR count). The van der Waals surface area contributed by atoms with E-state index in [9.17, 15) is 21.6 Å². The zero-order valence-electron chi connectivity index (χ0n) is 15.7. The van der Waals surface area contributed by atoms with E-state index in [1.807, 2.05) is 24.3 Å². The van der Waals surface area contributed by atoms with Gasteiger partial charge in [-0.3, -0.25) is 0 Å². The number of rotatable bonds is 4. The van der Waals surface area contributed by atoms with Crippen molar-refractivity contribution in [3.63, 3.8) is 0 Å². The number of halogens is 3. The number of alkyl halides is 3. The molecule has 0 saturated carbocycles. The minimum Gasteiger partial charge on any atom is -0.473 e. The molecular formula is C20H18F3N3O3S. The van der Waals surface area contributed by atoms with Gasteiger partial charge in [0.15, 0.2) is 0 Å². The molecule has 0 N–H and O–H groups in total. The van der Waals surface area contributed by atoms with Crippen LogP contribution >= 0.6 is 0 Å². The van der Waals surface area contributed by atoms with Gasteiger partial charge in [-0.15, -0.1) is 0 Å². The van der Waals surface area contributed by atoms with Crippen molar-refractivity contribution in [1.82, 2.24) is 14.3 Å². The van der Waals surface area contributed by atoms with Gasteiger partial charge in [0.05, 0.1) is 27.7 Å². The Kier molecular flexibility index (Phi) is 5.37. The Balaban J connectivity index is 1.40. The molecule has 2 heterocycles. The molecule has 2 aromatic carbocycles. The molecule has 1 aliphatic heterocycles.